The van der Waals surface area contributed by atoms with Crippen molar-refractivity contribution in [3.63, 3.8) is 0 Å². The Hall–Kier alpha value is -3.02. The summed E-state index contributed by atoms with van der Waals surface area (Å²) in [6.45, 7) is 0.483. The molecule has 0 bridgehead atoms. The van der Waals surface area contributed by atoms with Crippen LogP contribution in [-0.4, -0.2) is 53.3 Å². The molecule has 0 fully saturated rings. The number of nitrogens with zero attached hydrogens (tertiary/aromatic N) is 2. The van der Waals surface area contributed by atoms with Gasteiger partial charge in [0.1, 0.15) is 6.42 Å². The fraction of sp³-hybridized carbons (Fsp3) is 0.391. The molecule has 2 aromatic carbocycles. The van der Waals surface area contributed by atoms with Crippen LogP contribution in [0, 0.1) is 0 Å². The van der Waals surface area contributed by atoms with Crippen LogP contribution in [0.15, 0.2) is 48.5 Å². The Kier molecular flexibility index (Phi) is 8.52. The van der Waals surface area contributed by atoms with Gasteiger partial charge in [-0.1, -0.05) is 24.3 Å². The highest BCUT2D eigenvalue weighted by Crippen LogP contribution is 2.13. The summed E-state index contributed by atoms with van der Waals surface area (Å²) in [5, 5.41) is 0. The minimum Gasteiger partial charge on any atom is -0.465 e. The van der Waals surface area contributed by atoms with Gasteiger partial charge >= 0.3 is 11.9 Å². The number of anilines is 2. The second kappa shape index (κ2) is 11.1. The molecule has 156 valence electrons. The molecular weight excluding hydrogens is 368 g/mol. The van der Waals surface area contributed by atoms with Crippen molar-refractivity contribution in [2.24, 2.45) is 0 Å². The van der Waals surface area contributed by atoms with E-state index in [1.54, 1.807) is 0 Å². The fourth-order valence-corrected chi connectivity index (χ4v) is 2.71. The average Bonchev–Trinajstić information content (AvgIpc) is 2.68. The molecule has 0 radical (unpaired) electrons. The Morgan fingerprint density at radius 1 is 0.655 bits per heavy atom. The van der Waals surface area contributed by atoms with E-state index >= 15 is 0 Å². The number of hydrogen-bond donors (Lipinski definition) is 0. The molecule has 2 aromatic rings. The lowest BCUT2D eigenvalue weighted by molar-refractivity contribution is -0.154. The normalized spacial score (nSPS) is 10.3. The van der Waals surface area contributed by atoms with Crippen molar-refractivity contribution >= 4 is 23.3 Å². The summed E-state index contributed by atoms with van der Waals surface area (Å²) in [6.07, 6.45) is 0.855. The topological polar surface area (TPSA) is 59.1 Å². The first-order valence-electron chi connectivity index (χ1n) is 9.69. The molecule has 0 aliphatic carbocycles. The predicted octanol–water partition coefficient (Wildman–Crippen LogP) is 3.08. The van der Waals surface area contributed by atoms with E-state index in [0.717, 1.165) is 22.5 Å². The third kappa shape index (κ3) is 7.86. The van der Waals surface area contributed by atoms with Gasteiger partial charge in [-0.05, 0) is 35.4 Å². The maximum atomic E-state index is 11.8. The first-order valence-corrected chi connectivity index (χ1v) is 9.69. The summed E-state index contributed by atoms with van der Waals surface area (Å²) >= 11 is 0. The highest BCUT2D eigenvalue weighted by molar-refractivity contribution is 5.91. The standard InChI is InChI=1S/C23H30N2O4/c1-24(2)20-9-5-18(6-10-20)13-15-28-22(26)17-23(27)29-16-14-19-7-11-21(12-8-19)25(3)4/h5-12H,13-17H2,1-4H3. The van der Waals surface area contributed by atoms with Crippen LogP contribution >= 0.6 is 0 Å². The lowest BCUT2D eigenvalue weighted by Gasteiger charge is -2.13. The molecule has 0 amide bonds. The first kappa shape index (κ1) is 22.3. The molecule has 0 saturated heterocycles. The van der Waals surface area contributed by atoms with Crippen LogP contribution in [0.5, 0.6) is 0 Å². The van der Waals surface area contributed by atoms with E-state index in [1.165, 1.54) is 0 Å². The number of hydrogen-bond acceptors (Lipinski definition) is 6. The predicted molar refractivity (Wildman–Crippen MR) is 115 cm³/mol. The second-order valence-electron chi connectivity index (χ2n) is 7.24. The van der Waals surface area contributed by atoms with Gasteiger partial charge in [0.15, 0.2) is 0 Å². The largest absolute Gasteiger partial charge is 0.465 e. The van der Waals surface area contributed by atoms with Crippen LogP contribution < -0.4 is 9.80 Å². The number of benzene rings is 2. The Labute approximate surface area is 173 Å². The molecule has 0 saturated carbocycles. The summed E-state index contributed by atoms with van der Waals surface area (Å²) in [5.74, 6) is -1.12. The first-order chi connectivity index (χ1) is 13.8. The van der Waals surface area contributed by atoms with Crippen LogP contribution in [-0.2, 0) is 31.9 Å². The zero-order valence-electron chi connectivity index (χ0n) is 17.7. The molecule has 2 rings (SSSR count). The average molecular weight is 399 g/mol. The molecule has 0 N–H and O–H groups in total. The van der Waals surface area contributed by atoms with Crippen LogP contribution in [0.3, 0.4) is 0 Å². The minimum absolute atomic E-state index is 0.242. The smallest absolute Gasteiger partial charge is 0.317 e. The Morgan fingerprint density at radius 2 is 1.00 bits per heavy atom. The van der Waals surface area contributed by atoms with Crippen molar-refractivity contribution in [1.82, 2.24) is 0 Å². The monoisotopic (exact) mass is 398 g/mol. The Bertz CT molecular complexity index is 716. The molecule has 0 atom stereocenters. The summed E-state index contributed by atoms with van der Waals surface area (Å²) in [7, 11) is 7.93. The van der Waals surface area contributed by atoms with E-state index in [9.17, 15) is 9.59 Å². The van der Waals surface area contributed by atoms with E-state index < -0.39 is 11.9 Å². The Balaban J connectivity index is 1.62. The lowest BCUT2D eigenvalue weighted by Crippen LogP contribution is -2.16. The second-order valence-corrected chi connectivity index (χ2v) is 7.24. The van der Waals surface area contributed by atoms with E-state index in [2.05, 4.69) is 0 Å². The summed E-state index contributed by atoms with van der Waals surface area (Å²) in [6, 6.07) is 16.1. The van der Waals surface area contributed by atoms with Crippen molar-refractivity contribution in [3.05, 3.63) is 59.7 Å². The van der Waals surface area contributed by atoms with E-state index in [0.29, 0.717) is 12.8 Å². The molecule has 0 aliphatic heterocycles. The van der Waals surface area contributed by atoms with Gasteiger partial charge in [-0.15, -0.1) is 0 Å². The van der Waals surface area contributed by atoms with Gasteiger partial charge in [0, 0.05) is 52.4 Å². The molecule has 6 heteroatoms. The molecule has 0 unspecified atom stereocenters. The molecular formula is C23H30N2O4. The number of carbonyl (C=O) groups excluding carboxylic acids is 2. The molecule has 0 spiro atoms. The zero-order chi connectivity index (χ0) is 21.2. The maximum absolute atomic E-state index is 11.8. The highest BCUT2D eigenvalue weighted by Gasteiger charge is 2.12. The van der Waals surface area contributed by atoms with E-state index in [-0.39, 0.29) is 19.6 Å². The SMILES string of the molecule is CN(C)c1ccc(CCOC(=O)CC(=O)OCCc2ccc(N(C)C)cc2)cc1. The quantitative estimate of drug-likeness (QED) is 0.453. The van der Waals surface area contributed by atoms with Crippen LogP contribution in [0.1, 0.15) is 17.5 Å². The van der Waals surface area contributed by atoms with Crippen molar-refractivity contribution < 1.29 is 19.1 Å². The molecule has 29 heavy (non-hydrogen) atoms. The van der Waals surface area contributed by atoms with Crippen LogP contribution in [0.25, 0.3) is 0 Å². The van der Waals surface area contributed by atoms with Gasteiger partial charge in [0.25, 0.3) is 0 Å². The van der Waals surface area contributed by atoms with E-state index in [1.807, 2.05) is 86.5 Å². The zero-order valence-corrected chi connectivity index (χ0v) is 17.7. The summed E-state index contributed by atoms with van der Waals surface area (Å²) in [4.78, 5) is 27.6. The maximum Gasteiger partial charge on any atom is 0.317 e. The van der Waals surface area contributed by atoms with Gasteiger partial charge in [-0.3, -0.25) is 9.59 Å². The van der Waals surface area contributed by atoms with Gasteiger partial charge in [-0.2, -0.15) is 0 Å². The number of carbonyl (C=O) groups is 2. The third-order valence-electron chi connectivity index (χ3n) is 4.50. The van der Waals surface area contributed by atoms with Gasteiger partial charge in [0.2, 0.25) is 0 Å². The number of rotatable bonds is 10. The lowest BCUT2D eigenvalue weighted by atomic mass is 10.1. The Morgan fingerprint density at radius 3 is 1.31 bits per heavy atom. The van der Waals surface area contributed by atoms with Crippen molar-refractivity contribution in [2.45, 2.75) is 19.3 Å². The molecule has 0 heterocycles. The molecule has 6 nitrogen and oxygen atoms in total. The van der Waals surface area contributed by atoms with Gasteiger partial charge in [0.05, 0.1) is 13.2 Å². The minimum atomic E-state index is -0.560. The van der Waals surface area contributed by atoms with Crippen LogP contribution in [0.4, 0.5) is 11.4 Å². The number of esters is 2. The molecule has 0 aromatic heterocycles. The van der Waals surface area contributed by atoms with Crippen molar-refractivity contribution in [2.75, 3.05) is 51.2 Å². The summed E-state index contributed by atoms with van der Waals surface area (Å²) < 4.78 is 10.3. The van der Waals surface area contributed by atoms with E-state index in [4.69, 9.17) is 9.47 Å². The fourth-order valence-electron chi connectivity index (χ4n) is 2.71. The van der Waals surface area contributed by atoms with Crippen molar-refractivity contribution in [1.29, 1.82) is 0 Å². The van der Waals surface area contributed by atoms with Gasteiger partial charge in [-0.25, -0.2) is 0 Å². The molecule has 0 aliphatic rings. The third-order valence-corrected chi connectivity index (χ3v) is 4.50. The number of ether oxygens (including phenoxy) is 2. The highest BCUT2D eigenvalue weighted by atomic mass is 16.6. The van der Waals surface area contributed by atoms with Crippen LogP contribution in [0.2, 0.25) is 0 Å². The summed E-state index contributed by atoms with van der Waals surface area (Å²) in [5.41, 5.74) is 4.38. The van der Waals surface area contributed by atoms with Crippen molar-refractivity contribution in [3.8, 4) is 0 Å². The van der Waals surface area contributed by atoms with Gasteiger partial charge < -0.3 is 19.3 Å².